The van der Waals surface area contributed by atoms with Gasteiger partial charge in [-0.1, -0.05) is 109 Å². The van der Waals surface area contributed by atoms with Crippen LogP contribution in [0.25, 0.3) is 93.0 Å². The normalized spacial score (nSPS) is 11.6. The number of nitrogens with zero attached hydrogens (tertiary/aromatic N) is 4. The second-order valence-corrected chi connectivity index (χ2v) is 13.7. The Morgan fingerprint density at radius 3 is 1.76 bits per heavy atom. The van der Waals surface area contributed by atoms with E-state index in [1.807, 2.05) is 66.7 Å². The van der Waals surface area contributed by atoms with E-state index in [4.69, 9.17) is 15.0 Å². The fraction of sp³-hybridized carbons (Fsp3) is 0. The van der Waals surface area contributed by atoms with Gasteiger partial charge < -0.3 is 4.57 Å². The largest absolute Gasteiger partial charge is 0.309 e. The molecule has 240 valence electrons. The van der Waals surface area contributed by atoms with Crippen molar-refractivity contribution >= 4 is 53.3 Å². The summed E-state index contributed by atoms with van der Waals surface area (Å²) in [5.41, 5.74) is 7.36. The highest BCUT2D eigenvalue weighted by Crippen LogP contribution is 2.42. The molecule has 0 unspecified atom stereocenters. The van der Waals surface area contributed by atoms with Gasteiger partial charge in [-0.25, -0.2) is 19.3 Å². The van der Waals surface area contributed by atoms with Gasteiger partial charge in [-0.3, -0.25) is 0 Å². The molecule has 0 fully saturated rings. The predicted molar refractivity (Wildman–Crippen MR) is 209 cm³/mol. The van der Waals surface area contributed by atoms with Crippen molar-refractivity contribution in [3.8, 4) is 51.0 Å². The molecule has 0 aliphatic rings. The first-order valence-electron chi connectivity index (χ1n) is 16.8. The first kappa shape index (κ1) is 29.4. The zero-order valence-electron chi connectivity index (χ0n) is 27.2. The van der Waals surface area contributed by atoms with Crippen molar-refractivity contribution in [3.05, 3.63) is 170 Å². The second-order valence-electron chi connectivity index (χ2n) is 12.6. The summed E-state index contributed by atoms with van der Waals surface area (Å²) in [5, 5.41) is 4.86. The van der Waals surface area contributed by atoms with Gasteiger partial charge in [0.25, 0.3) is 0 Å². The van der Waals surface area contributed by atoms with Gasteiger partial charge in [-0.2, -0.15) is 0 Å². The van der Waals surface area contributed by atoms with Gasteiger partial charge in [-0.15, -0.1) is 11.3 Å². The van der Waals surface area contributed by atoms with E-state index in [9.17, 15) is 4.39 Å². The molecule has 10 rings (SSSR count). The summed E-state index contributed by atoms with van der Waals surface area (Å²) in [7, 11) is 0. The Morgan fingerprint density at radius 2 is 1.04 bits per heavy atom. The molecule has 0 saturated carbocycles. The Bertz CT molecular complexity index is 2870. The number of hydrogen-bond donors (Lipinski definition) is 0. The van der Waals surface area contributed by atoms with Crippen LogP contribution >= 0.6 is 11.3 Å². The lowest BCUT2D eigenvalue weighted by Crippen LogP contribution is -2.02. The Hall–Kier alpha value is -6.50. The monoisotopic (exact) mass is 674 g/mol. The van der Waals surface area contributed by atoms with Crippen molar-refractivity contribution in [3.63, 3.8) is 0 Å². The average Bonchev–Trinajstić information content (AvgIpc) is 3.72. The van der Waals surface area contributed by atoms with E-state index in [1.54, 1.807) is 23.5 Å². The maximum Gasteiger partial charge on any atom is 0.164 e. The highest BCUT2D eigenvalue weighted by molar-refractivity contribution is 7.25. The summed E-state index contributed by atoms with van der Waals surface area (Å²) in [4.78, 5) is 14.9. The molecule has 0 amide bonds. The van der Waals surface area contributed by atoms with Crippen LogP contribution < -0.4 is 0 Å². The number of fused-ring (bicyclic) bond motifs is 6. The topological polar surface area (TPSA) is 43.6 Å². The van der Waals surface area contributed by atoms with Crippen molar-refractivity contribution in [2.75, 3.05) is 0 Å². The molecule has 0 aliphatic heterocycles. The third-order valence-electron chi connectivity index (χ3n) is 9.50. The SMILES string of the molecule is Fc1cccc(-c2cc(-c3nc(-c4ccccc4)nc(-c4ccccc4)n3)ccc2-n2c3ccccc3c3cc4c(cc32)sc2ccccc24)c1. The molecule has 0 aliphatic carbocycles. The van der Waals surface area contributed by atoms with E-state index < -0.39 is 0 Å². The molecule has 0 N–H and O–H groups in total. The molecule has 0 spiro atoms. The Kier molecular flexibility index (Phi) is 6.82. The van der Waals surface area contributed by atoms with E-state index in [-0.39, 0.29) is 5.82 Å². The molecule has 7 aromatic carbocycles. The van der Waals surface area contributed by atoms with Crippen LogP contribution in [0.5, 0.6) is 0 Å². The van der Waals surface area contributed by atoms with Gasteiger partial charge >= 0.3 is 0 Å². The molecular weight excluding hydrogens is 648 g/mol. The lowest BCUT2D eigenvalue weighted by atomic mass is 9.99. The van der Waals surface area contributed by atoms with Crippen LogP contribution in [0, 0.1) is 5.82 Å². The average molecular weight is 675 g/mol. The van der Waals surface area contributed by atoms with Crippen molar-refractivity contribution in [2.45, 2.75) is 0 Å². The quantitative estimate of drug-likeness (QED) is 0.182. The van der Waals surface area contributed by atoms with Crippen LogP contribution in [0.4, 0.5) is 4.39 Å². The second kappa shape index (κ2) is 11.8. The van der Waals surface area contributed by atoms with Gasteiger partial charge in [-0.05, 0) is 60.2 Å². The van der Waals surface area contributed by atoms with Gasteiger partial charge in [0.05, 0.1) is 16.7 Å². The number of para-hydroxylation sites is 1. The number of hydrogen-bond acceptors (Lipinski definition) is 4. The third kappa shape index (κ3) is 4.99. The standard InChI is InChI=1S/C45H27FN4S/c46-32-17-11-16-30(24-32)35-25-31(45-48-43(28-12-3-1-4-13-28)47-44(49-45)29-14-5-2-6-15-29)22-23-39(35)50-38-20-9-7-18-33(38)36-26-37-34-19-8-10-21-41(34)51-42(37)27-40(36)50/h1-27H. The summed E-state index contributed by atoms with van der Waals surface area (Å²) < 4.78 is 19.8. The molecule has 51 heavy (non-hydrogen) atoms. The highest BCUT2D eigenvalue weighted by atomic mass is 32.1. The summed E-state index contributed by atoms with van der Waals surface area (Å²) in [6, 6.07) is 54.7. The minimum Gasteiger partial charge on any atom is -0.309 e. The van der Waals surface area contributed by atoms with E-state index in [2.05, 4.69) is 83.4 Å². The smallest absolute Gasteiger partial charge is 0.164 e. The fourth-order valence-corrected chi connectivity index (χ4v) is 8.26. The van der Waals surface area contributed by atoms with Gasteiger partial charge in [0.2, 0.25) is 0 Å². The van der Waals surface area contributed by atoms with E-state index in [0.29, 0.717) is 17.5 Å². The summed E-state index contributed by atoms with van der Waals surface area (Å²) >= 11 is 1.81. The lowest BCUT2D eigenvalue weighted by molar-refractivity contribution is 0.628. The number of thiophene rings is 1. The number of halogens is 1. The predicted octanol–water partition coefficient (Wildman–Crippen LogP) is 12.1. The zero-order valence-corrected chi connectivity index (χ0v) is 28.0. The first-order valence-corrected chi connectivity index (χ1v) is 17.6. The van der Waals surface area contributed by atoms with E-state index >= 15 is 0 Å². The van der Waals surface area contributed by atoms with Crippen LogP contribution in [-0.2, 0) is 0 Å². The number of aromatic nitrogens is 4. The van der Waals surface area contributed by atoms with Crippen LogP contribution in [0.15, 0.2) is 164 Å². The molecule has 4 nitrogen and oxygen atoms in total. The van der Waals surface area contributed by atoms with Crippen molar-refractivity contribution < 1.29 is 4.39 Å². The first-order chi connectivity index (χ1) is 25.2. The van der Waals surface area contributed by atoms with Crippen molar-refractivity contribution in [1.82, 2.24) is 19.5 Å². The maximum absolute atomic E-state index is 15.0. The van der Waals surface area contributed by atoms with Gasteiger partial charge in [0.1, 0.15) is 5.82 Å². The molecule has 10 aromatic rings. The summed E-state index contributed by atoms with van der Waals surface area (Å²) in [6.45, 7) is 0. The fourth-order valence-electron chi connectivity index (χ4n) is 7.14. The van der Waals surface area contributed by atoms with Gasteiger partial charge in [0.15, 0.2) is 17.5 Å². The molecule has 6 heteroatoms. The molecule has 0 bridgehead atoms. The molecule has 3 heterocycles. The summed E-state index contributed by atoms with van der Waals surface area (Å²) in [6.07, 6.45) is 0. The van der Waals surface area contributed by atoms with Crippen LogP contribution in [-0.4, -0.2) is 19.5 Å². The molecule has 0 radical (unpaired) electrons. The number of rotatable bonds is 5. The Balaban J connectivity index is 1.24. The number of benzene rings is 7. The Morgan fingerprint density at radius 1 is 0.412 bits per heavy atom. The minimum absolute atomic E-state index is 0.295. The molecule has 3 aromatic heterocycles. The molecular formula is C45H27FN4S. The van der Waals surface area contributed by atoms with Crippen LogP contribution in [0.3, 0.4) is 0 Å². The van der Waals surface area contributed by atoms with Crippen molar-refractivity contribution in [2.24, 2.45) is 0 Å². The zero-order chi connectivity index (χ0) is 33.9. The third-order valence-corrected chi connectivity index (χ3v) is 10.6. The minimum atomic E-state index is -0.295. The van der Waals surface area contributed by atoms with Crippen LogP contribution in [0.2, 0.25) is 0 Å². The summed E-state index contributed by atoms with van der Waals surface area (Å²) in [5.74, 6) is 1.42. The van der Waals surface area contributed by atoms with Gasteiger partial charge in [0, 0.05) is 53.2 Å². The van der Waals surface area contributed by atoms with E-state index in [1.165, 1.54) is 31.6 Å². The Labute approximate surface area is 296 Å². The highest BCUT2D eigenvalue weighted by Gasteiger charge is 2.20. The maximum atomic E-state index is 15.0. The van der Waals surface area contributed by atoms with Crippen molar-refractivity contribution in [1.29, 1.82) is 0 Å². The molecule has 0 atom stereocenters. The van der Waals surface area contributed by atoms with Crippen LogP contribution in [0.1, 0.15) is 0 Å². The lowest BCUT2D eigenvalue weighted by Gasteiger charge is -2.16. The van der Waals surface area contributed by atoms with E-state index in [0.717, 1.165) is 49.9 Å². The molecule has 0 saturated heterocycles.